The van der Waals surface area contributed by atoms with Crippen molar-refractivity contribution in [2.45, 2.75) is 20.8 Å². The Morgan fingerprint density at radius 2 is 2.13 bits per heavy atom. The van der Waals surface area contributed by atoms with Gasteiger partial charge in [-0.05, 0) is 12.3 Å². The highest BCUT2D eigenvalue weighted by atomic mass is 35.5. The van der Waals surface area contributed by atoms with Crippen molar-refractivity contribution in [1.29, 1.82) is 0 Å². The molecule has 0 saturated heterocycles. The molecule has 0 aromatic carbocycles. The molecule has 0 aliphatic heterocycles. The molecule has 15 heavy (non-hydrogen) atoms. The van der Waals surface area contributed by atoms with E-state index in [0.717, 1.165) is 0 Å². The molecule has 0 fully saturated rings. The van der Waals surface area contributed by atoms with E-state index in [1.54, 1.807) is 6.92 Å². The highest BCUT2D eigenvalue weighted by Crippen LogP contribution is 2.19. The molecule has 84 valence electrons. The van der Waals surface area contributed by atoms with Gasteiger partial charge in [-0.1, -0.05) is 13.8 Å². The number of nitrogens with one attached hydrogen (secondary N) is 1. The normalized spacial score (nSPS) is 11.5. The standard InChI is InChI=1S/C10H15ClFN3/c1-7-8(12)9(15-6-14-7)13-5-10(2,3)4-11/h6H,4-5H2,1-3H3,(H,13,14,15). The Hall–Kier alpha value is -0.900. The fourth-order valence-electron chi connectivity index (χ4n) is 0.951. The zero-order valence-corrected chi connectivity index (χ0v) is 9.90. The maximum absolute atomic E-state index is 13.5. The molecule has 1 rings (SSSR count). The Bertz CT molecular complexity index is 341. The molecule has 0 aliphatic rings. The van der Waals surface area contributed by atoms with E-state index in [9.17, 15) is 4.39 Å². The molecule has 5 heteroatoms. The molecule has 0 bridgehead atoms. The van der Waals surface area contributed by atoms with Crippen molar-refractivity contribution in [3.8, 4) is 0 Å². The molecule has 0 amide bonds. The van der Waals surface area contributed by atoms with Crippen LogP contribution in [0.2, 0.25) is 0 Å². The van der Waals surface area contributed by atoms with Crippen LogP contribution in [0.3, 0.4) is 0 Å². The molecule has 1 aromatic rings. The van der Waals surface area contributed by atoms with Crippen LogP contribution < -0.4 is 5.32 Å². The summed E-state index contributed by atoms with van der Waals surface area (Å²) in [5.41, 5.74) is 0.253. The number of hydrogen-bond acceptors (Lipinski definition) is 3. The molecule has 0 aliphatic carbocycles. The second-order valence-corrected chi connectivity index (χ2v) is 4.54. The molecular weight excluding hydrogens is 217 g/mol. The first-order chi connectivity index (χ1) is 6.96. The minimum Gasteiger partial charge on any atom is -0.367 e. The smallest absolute Gasteiger partial charge is 0.186 e. The van der Waals surface area contributed by atoms with E-state index in [1.807, 2.05) is 13.8 Å². The highest BCUT2D eigenvalue weighted by Gasteiger charge is 2.17. The van der Waals surface area contributed by atoms with Crippen LogP contribution in [-0.2, 0) is 0 Å². The molecule has 1 heterocycles. The summed E-state index contributed by atoms with van der Waals surface area (Å²) in [5.74, 6) is 0.342. The van der Waals surface area contributed by atoms with Crippen molar-refractivity contribution in [1.82, 2.24) is 9.97 Å². The number of hydrogen-bond donors (Lipinski definition) is 1. The van der Waals surface area contributed by atoms with Crippen LogP contribution in [0.5, 0.6) is 0 Å². The van der Waals surface area contributed by atoms with E-state index in [0.29, 0.717) is 18.1 Å². The minimum atomic E-state index is -0.400. The summed E-state index contributed by atoms with van der Waals surface area (Å²) in [7, 11) is 0. The predicted molar refractivity (Wildman–Crippen MR) is 59.7 cm³/mol. The molecule has 0 spiro atoms. The first kappa shape index (κ1) is 12.2. The summed E-state index contributed by atoms with van der Waals surface area (Å²) in [6.07, 6.45) is 1.34. The Balaban J connectivity index is 2.70. The van der Waals surface area contributed by atoms with E-state index < -0.39 is 5.82 Å². The van der Waals surface area contributed by atoms with Gasteiger partial charge in [0.15, 0.2) is 11.6 Å². The Morgan fingerprint density at radius 1 is 1.47 bits per heavy atom. The van der Waals surface area contributed by atoms with Gasteiger partial charge in [0, 0.05) is 12.4 Å². The number of aryl methyl sites for hydroxylation is 1. The molecule has 1 aromatic heterocycles. The number of rotatable bonds is 4. The monoisotopic (exact) mass is 231 g/mol. The molecule has 3 nitrogen and oxygen atoms in total. The summed E-state index contributed by atoms with van der Waals surface area (Å²) < 4.78 is 13.5. The molecule has 1 N–H and O–H groups in total. The molecule has 0 atom stereocenters. The number of aromatic nitrogens is 2. The number of nitrogens with zero attached hydrogens (tertiary/aromatic N) is 2. The third-order valence-electron chi connectivity index (χ3n) is 2.06. The topological polar surface area (TPSA) is 37.8 Å². The maximum atomic E-state index is 13.5. The van der Waals surface area contributed by atoms with Crippen LogP contribution in [-0.4, -0.2) is 22.4 Å². The molecule has 0 saturated carbocycles. The van der Waals surface area contributed by atoms with Gasteiger partial charge in [-0.2, -0.15) is 0 Å². The van der Waals surface area contributed by atoms with Gasteiger partial charge in [-0.3, -0.25) is 0 Å². The van der Waals surface area contributed by atoms with Crippen LogP contribution in [0.15, 0.2) is 6.33 Å². The highest BCUT2D eigenvalue weighted by molar-refractivity contribution is 6.18. The Kier molecular flexibility index (Phi) is 3.85. The lowest BCUT2D eigenvalue weighted by atomic mass is 9.97. The van der Waals surface area contributed by atoms with Gasteiger partial charge in [0.2, 0.25) is 0 Å². The average Bonchev–Trinajstić information content (AvgIpc) is 2.20. The summed E-state index contributed by atoms with van der Waals surface area (Å²) in [4.78, 5) is 7.59. The second-order valence-electron chi connectivity index (χ2n) is 4.27. The number of alkyl halides is 1. The van der Waals surface area contributed by atoms with E-state index in [1.165, 1.54) is 6.33 Å². The van der Waals surface area contributed by atoms with Crippen molar-refractivity contribution in [3.63, 3.8) is 0 Å². The van der Waals surface area contributed by atoms with Crippen molar-refractivity contribution < 1.29 is 4.39 Å². The van der Waals surface area contributed by atoms with Gasteiger partial charge in [0.1, 0.15) is 6.33 Å². The van der Waals surface area contributed by atoms with Gasteiger partial charge in [0.25, 0.3) is 0 Å². The minimum absolute atomic E-state index is 0.0904. The first-order valence-electron chi connectivity index (χ1n) is 4.73. The molecule has 0 radical (unpaired) electrons. The lowest BCUT2D eigenvalue weighted by molar-refractivity contribution is 0.448. The zero-order valence-electron chi connectivity index (χ0n) is 9.14. The number of halogens is 2. The summed E-state index contributed by atoms with van der Waals surface area (Å²) in [6, 6.07) is 0. The maximum Gasteiger partial charge on any atom is 0.186 e. The third-order valence-corrected chi connectivity index (χ3v) is 2.78. The van der Waals surface area contributed by atoms with Gasteiger partial charge >= 0.3 is 0 Å². The van der Waals surface area contributed by atoms with Crippen LogP contribution in [0.1, 0.15) is 19.5 Å². The van der Waals surface area contributed by atoms with E-state index >= 15 is 0 Å². The van der Waals surface area contributed by atoms with Crippen molar-refractivity contribution >= 4 is 17.4 Å². The summed E-state index contributed by atoms with van der Waals surface area (Å²) in [5, 5.41) is 2.93. The van der Waals surface area contributed by atoms with Crippen LogP contribution >= 0.6 is 11.6 Å². The zero-order chi connectivity index (χ0) is 11.5. The fourth-order valence-corrected chi connectivity index (χ4v) is 1.05. The average molecular weight is 232 g/mol. The predicted octanol–water partition coefficient (Wildman–Crippen LogP) is 2.60. The molecule has 0 unspecified atom stereocenters. The summed E-state index contributed by atoms with van der Waals surface area (Å²) >= 11 is 5.76. The van der Waals surface area contributed by atoms with Gasteiger partial charge in [-0.25, -0.2) is 14.4 Å². The van der Waals surface area contributed by atoms with Gasteiger partial charge in [-0.15, -0.1) is 11.6 Å². The van der Waals surface area contributed by atoms with Gasteiger partial charge in [0.05, 0.1) is 5.69 Å². The van der Waals surface area contributed by atoms with Crippen LogP contribution in [0.4, 0.5) is 10.2 Å². The fraction of sp³-hybridized carbons (Fsp3) is 0.600. The lowest BCUT2D eigenvalue weighted by Gasteiger charge is -2.22. The quantitative estimate of drug-likeness (QED) is 0.810. The van der Waals surface area contributed by atoms with Gasteiger partial charge < -0.3 is 5.32 Å². The van der Waals surface area contributed by atoms with E-state index in [4.69, 9.17) is 11.6 Å². The first-order valence-corrected chi connectivity index (χ1v) is 5.27. The SMILES string of the molecule is Cc1ncnc(NCC(C)(C)CCl)c1F. The second kappa shape index (κ2) is 4.75. The van der Waals surface area contributed by atoms with Crippen molar-refractivity contribution in [3.05, 3.63) is 17.8 Å². The van der Waals surface area contributed by atoms with Crippen molar-refractivity contribution in [2.75, 3.05) is 17.7 Å². The Labute approximate surface area is 94.1 Å². The summed E-state index contributed by atoms with van der Waals surface area (Å²) in [6.45, 7) is 6.18. The molecular formula is C10H15ClFN3. The third kappa shape index (κ3) is 3.30. The van der Waals surface area contributed by atoms with Crippen LogP contribution in [0.25, 0.3) is 0 Å². The lowest BCUT2D eigenvalue weighted by Crippen LogP contribution is -2.25. The largest absolute Gasteiger partial charge is 0.367 e. The Morgan fingerprint density at radius 3 is 2.73 bits per heavy atom. The van der Waals surface area contributed by atoms with E-state index in [2.05, 4.69) is 15.3 Å². The van der Waals surface area contributed by atoms with Crippen LogP contribution in [0, 0.1) is 18.2 Å². The van der Waals surface area contributed by atoms with E-state index in [-0.39, 0.29) is 11.2 Å². The number of anilines is 1. The van der Waals surface area contributed by atoms with Crippen molar-refractivity contribution in [2.24, 2.45) is 5.41 Å².